The van der Waals surface area contributed by atoms with Gasteiger partial charge in [0.25, 0.3) is 0 Å². The molecule has 2 amide bonds. The second kappa shape index (κ2) is 5.95. The molecule has 1 aliphatic carbocycles. The van der Waals surface area contributed by atoms with Crippen LogP contribution in [0.1, 0.15) is 52.9 Å². The summed E-state index contributed by atoms with van der Waals surface area (Å²) in [6, 6.07) is -0.372. The normalized spacial score (nSPS) is 26.7. The van der Waals surface area contributed by atoms with E-state index in [4.69, 9.17) is 4.74 Å². The summed E-state index contributed by atoms with van der Waals surface area (Å²) in [5.41, 5.74) is -0.536. The summed E-state index contributed by atoms with van der Waals surface area (Å²) in [4.78, 5) is 27.0. The summed E-state index contributed by atoms with van der Waals surface area (Å²) in [5, 5.41) is 2.95. The maximum Gasteiger partial charge on any atom is 0.248 e. The quantitative estimate of drug-likeness (QED) is 0.778. The minimum atomic E-state index is -0.707. The first-order valence-corrected chi connectivity index (χ1v) is 8.05. The number of carbonyl (C=O) groups excluding carboxylic acids is 2. The molecule has 0 bridgehead atoms. The highest BCUT2D eigenvalue weighted by molar-refractivity contribution is 5.99. The first-order valence-electron chi connectivity index (χ1n) is 8.05. The molecular formula is C16H28N2O3. The molecule has 120 valence electrons. The molecule has 2 aliphatic rings. The molecule has 5 nitrogen and oxygen atoms in total. The largest absolute Gasteiger partial charge is 0.385 e. The van der Waals surface area contributed by atoms with Gasteiger partial charge in [-0.2, -0.15) is 0 Å². The van der Waals surface area contributed by atoms with Crippen LogP contribution in [0.2, 0.25) is 0 Å². The summed E-state index contributed by atoms with van der Waals surface area (Å²) in [5.74, 6) is 0.0594. The molecule has 0 radical (unpaired) electrons. The molecule has 5 heteroatoms. The number of methoxy groups -OCH3 is 1. The van der Waals surface area contributed by atoms with E-state index in [1.807, 2.05) is 25.7 Å². The SMILES string of the molecule is CCC1(CC)NC(=O)C(C)N(CC2(CCOC)CC2)C1=O. The molecule has 1 saturated carbocycles. The molecule has 21 heavy (non-hydrogen) atoms. The fraction of sp³-hybridized carbons (Fsp3) is 0.875. The Labute approximate surface area is 127 Å². The van der Waals surface area contributed by atoms with Gasteiger partial charge in [0.05, 0.1) is 0 Å². The van der Waals surface area contributed by atoms with Crippen molar-refractivity contribution in [2.75, 3.05) is 20.3 Å². The van der Waals surface area contributed by atoms with Crippen LogP contribution in [0.5, 0.6) is 0 Å². The number of rotatable bonds is 7. The molecule has 0 spiro atoms. The molecule has 1 N–H and O–H groups in total. The maximum atomic E-state index is 12.9. The van der Waals surface area contributed by atoms with Gasteiger partial charge in [0.15, 0.2) is 0 Å². The van der Waals surface area contributed by atoms with Crippen LogP contribution in [0.3, 0.4) is 0 Å². The van der Waals surface area contributed by atoms with E-state index in [-0.39, 0.29) is 23.3 Å². The molecule has 0 aromatic carbocycles. The van der Waals surface area contributed by atoms with Crippen molar-refractivity contribution in [2.24, 2.45) is 5.41 Å². The first kappa shape index (κ1) is 16.3. The Balaban J connectivity index is 2.16. The van der Waals surface area contributed by atoms with Crippen LogP contribution in [0, 0.1) is 5.41 Å². The Morgan fingerprint density at radius 2 is 1.90 bits per heavy atom. The number of amides is 2. The monoisotopic (exact) mass is 296 g/mol. The summed E-state index contributed by atoms with van der Waals surface area (Å²) in [6.07, 6.45) is 4.50. The van der Waals surface area contributed by atoms with E-state index in [1.165, 1.54) is 0 Å². The van der Waals surface area contributed by atoms with Gasteiger partial charge in [-0.05, 0) is 44.4 Å². The van der Waals surface area contributed by atoms with Gasteiger partial charge in [-0.15, -0.1) is 0 Å². The smallest absolute Gasteiger partial charge is 0.248 e. The predicted octanol–water partition coefficient (Wildman–Crippen LogP) is 1.71. The number of piperazine rings is 1. The molecule has 1 heterocycles. The van der Waals surface area contributed by atoms with E-state index < -0.39 is 5.54 Å². The molecule has 1 atom stereocenters. The zero-order chi connectivity index (χ0) is 15.7. The molecule has 1 saturated heterocycles. The lowest BCUT2D eigenvalue weighted by Crippen LogP contribution is -2.70. The Bertz CT molecular complexity index is 414. The second-order valence-electron chi connectivity index (χ2n) is 6.63. The third-order valence-corrected chi connectivity index (χ3v) is 5.39. The fourth-order valence-electron chi connectivity index (χ4n) is 3.27. The maximum absolute atomic E-state index is 12.9. The van der Waals surface area contributed by atoms with Gasteiger partial charge in [0, 0.05) is 20.3 Å². The van der Waals surface area contributed by atoms with E-state index in [0.29, 0.717) is 19.4 Å². The van der Waals surface area contributed by atoms with Crippen molar-refractivity contribution >= 4 is 11.8 Å². The highest BCUT2D eigenvalue weighted by atomic mass is 16.5. The highest BCUT2D eigenvalue weighted by Crippen LogP contribution is 2.50. The third kappa shape index (κ3) is 2.93. The summed E-state index contributed by atoms with van der Waals surface area (Å²) < 4.78 is 5.18. The average molecular weight is 296 g/mol. The summed E-state index contributed by atoms with van der Waals surface area (Å²) in [7, 11) is 1.71. The molecule has 0 aromatic rings. The van der Waals surface area contributed by atoms with Crippen LogP contribution < -0.4 is 5.32 Å². The van der Waals surface area contributed by atoms with Gasteiger partial charge in [0.2, 0.25) is 11.8 Å². The number of ether oxygens (including phenoxy) is 1. The Hall–Kier alpha value is -1.10. The van der Waals surface area contributed by atoms with Gasteiger partial charge in [-0.3, -0.25) is 9.59 Å². The van der Waals surface area contributed by atoms with E-state index >= 15 is 0 Å². The minimum Gasteiger partial charge on any atom is -0.385 e. The fourth-order valence-corrected chi connectivity index (χ4v) is 3.27. The lowest BCUT2D eigenvalue weighted by molar-refractivity contribution is -0.156. The van der Waals surface area contributed by atoms with Crippen molar-refractivity contribution < 1.29 is 14.3 Å². The van der Waals surface area contributed by atoms with E-state index in [1.54, 1.807) is 7.11 Å². The van der Waals surface area contributed by atoms with E-state index in [0.717, 1.165) is 25.9 Å². The van der Waals surface area contributed by atoms with Crippen LogP contribution >= 0.6 is 0 Å². The van der Waals surface area contributed by atoms with Crippen LogP contribution in [0.25, 0.3) is 0 Å². The lowest BCUT2D eigenvalue weighted by Gasteiger charge is -2.45. The van der Waals surface area contributed by atoms with Gasteiger partial charge in [-0.1, -0.05) is 13.8 Å². The van der Waals surface area contributed by atoms with Gasteiger partial charge < -0.3 is 15.0 Å². The number of nitrogens with one attached hydrogen (secondary N) is 1. The van der Waals surface area contributed by atoms with Crippen LogP contribution in [-0.4, -0.2) is 48.6 Å². The number of carbonyl (C=O) groups is 2. The standard InChI is InChI=1S/C16H28N2O3/c1-5-16(6-2)14(20)18(12(3)13(19)17-16)11-15(7-8-15)9-10-21-4/h12H,5-11H2,1-4H3,(H,17,19). The highest BCUT2D eigenvalue weighted by Gasteiger charge is 2.52. The zero-order valence-corrected chi connectivity index (χ0v) is 13.7. The van der Waals surface area contributed by atoms with Crippen LogP contribution in [0.15, 0.2) is 0 Å². The topological polar surface area (TPSA) is 58.6 Å². The average Bonchev–Trinajstić information content (AvgIpc) is 3.26. The summed E-state index contributed by atoms with van der Waals surface area (Å²) in [6.45, 7) is 7.16. The first-order chi connectivity index (χ1) is 9.93. The number of hydrogen-bond acceptors (Lipinski definition) is 3. The van der Waals surface area contributed by atoms with Crippen LogP contribution in [-0.2, 0) is 14.3 Å². The van der Waals surface area contributed by atoms with Crippen molar-refractivity contribution in [3.05, 3.63) is 0 Å². The Morgan fingerprint density at radius 3 is 2.38 bits per heavy atom. The Kier molecular flexibility index (Phi) is 4.61. The van der Waals surface area contributed by atoms with Crippen molar-refractivity contribution in [3.8, 4) is 0 Å². The van der Waals surface area contributed by atoms with Gasteiger partial charge in [-0.25, -0.2) is 0 Å². The number of nitrogens with zero attached hydrogens (tertiary/aromatic N) is 1. The van der Waals surface area contributed by atoms with Crippen molar-refractivity contribution in [1.82, 2.24) is 10.2 Å². The van der Waals surface area contributed by atoms with Crippen molar-refractivity contribution in [1.29, 1.82) is 0 Å². The molecule has 2 rings (SSSR count). The van der Waals surface area contributed by atoms with E-state index in [9.17, 15) is 9.59 Å². The van der Waals surface area contributed by atoms with E-state index in [2.05, 4.69) is 5.32 Å². The second-order valence-corrected chi connectivity index (χ2v) is 6.63. The molecule has 2 fully saturated rings. The van der Waals surface area contributed by atoms with Gasteiger partial charge in [0.1, 0.15) is 11.6 Å². The molecule has 0 aromatic heterocycles. The number of hydrogen-bond donors (Lipinski definition) is 1. The lowest BCUT2D eigenvalue weighted by atomic mass is 9.86. The third-order valence-electron chi connectivity index (χ3n) is 5.39. The van der Waals surface area contributed by atoms with Crippen molar-refractivity contribution in [3.63, 3.8) is 0 Å². The summed E-state index contributed by atoms with van der Waals surface area (Å²) >= 11 is 0. The molecule has 1 aliphatic heterocycles. The van der Waals surface area contributed by atoms with Crippen LogP contribution in [0.4, 0.5) is 0 Å². The molecular weight excluding hydrogens is 268 g/mol. The van der Waals surface area contributed by atoms with Gasteiger partial charge >= 0.3 is 0 Å². The predicted molar refractivity (Wildman–Crippen MR) is 80.8 cm³/mol. The Morgan fingerprint density at radius 1 is 1.29 bits per heavy atom. The molecule has 1 unspecified atom stereocenters. The van der Waals surface area contributed by atoms with Crippen molar-refractivity contribution in [2.45, 2.75) is 64.5 Å². The minimum absolute atomic E-state index is 0.0270. The zero-order valence-electron chi connectivity index (χ0n) is 13.7.